The summed E-state index contributed by atoms with van der Waals surface area (Å²) >= 11 is 0. The van der Waals surface area contributed by atoms with Gasteiger partial charge in [-0.2, -0.15) is 0 Å². The number of hydrogen-bond acceptors (Lipinski definition) is 5. The summed E-state index contributed by atoms with van der Waals surface area (Å²) < 4.78 is 0. The topological polar surface area (TPSA) is 93.7 Å². The van der Waals surface area contributed by atoms with E-state index < -0.39 is 12.1 Å². The molecule has 0 spiro atoms. The van der Waals surface area contributed by atoms with Crippen LogP contribution in [0, 0.1) is 0 Å². The maximum atomic E-state index is 13.4. The minimum absolute atomic E-state index is 0.0773. The SMILES string of the molecule is CCNc1cc(C(=O)N[C@@H](Cc2ccccc2)[C@H](O)CNC(C)CC)cc(N2CCCC2=O)c1. The zero-order chi connectivity index (χ0) is 24.5. The number of hydrogen-bond donors (Lipinski definition) is 4. The Morgan fingerprint density at radius 1 is 1.15 bits per heavy atom. The summed E-state index contributed by atoms with van der Waals surface area (Å²) in [5, 5.41) is 20.6. The van der Waals surface area contributed by atoms with Crippen molar-refractivity contribution >= 4 is 23.2 Å². The van der Waals surface area contributed by atoms with Gasteiger partial charge in [0, 0.05) is 49.0 Å². The van der Waals surface area contributed by atoms with Crippen molar-refractivity contribution in [2.45, 2.75) is 64.6 Å². The summed E-state index contributed by atoms with van der Waals surface area (Å²) in [6.45, 7) is 7.90. The lowest BCUT2D eigenvalue weighted by atomic mass is 10.00. The Morgan fingerprint density at radius 3 is 2.56 bits per heavy atom. The van der Waals surface area contributed by atoms with Gasteiger partial charge >= 0.3 is 0 Å². The van der Waals surface area contributed by atoms with Crippen LogP contribution in [-0.4, -0.2) is 54.7 Å². The fourth-order valence-corrected chi connectivity index (χ4v) is 4.14. The van der Waals surface area contributed by atoms with Gasteiger partial charge < -0.3 is 26.0 Å². The van der Waals surface area contributed by atoms with Crippen LogP contribution in [0.5, 0.6) is 0 Å². The van der Waals surface area contributed by atoms with Gasteiger partial charge in [0.15, 0.2) is 0 Å². The highest BCUT2D eigenvalue weighted by Crippen LogP contribution is 2.27. The van der Waals surface area contributed by atoms with Crippen molar-refractivity contribution in [3.05, 3.63) is 59.7 Å². The number of carbonyl (C=O) groups excluding carboxylic acids is 2. The maximum Gasteiger partial charge on any atom is 0.251 e. The van der Waals surface area contributed by atoms with Gasteiger partial charge in [-0.05, 0) is 56.9 Å². The van der Waals surface area contributed by atoms with E-state index in [1.165, 1.54) is 0 Å². The van der Waals surface area contributed by atoms with Gasteiger partial charge in [-0.15, -0.1) is 0 Å². The molecule has 184 valence electrons. The van der Waals surface area contributed by atoms with E-state index in [1.54, 1.807) is 17.0 Å². The van der Waals surface area contributed by atoms with Gasteiger partial charge in [-0.1, -0.05) is 37.3 Å². The van der Waals surface area contributed by atoms with Crippen LogP contribution in [0.15, 0.2) is 48.5 Å². The molecule has 0 bridgehead atoms. The maximum absolute atomic E-state index is 13.4. The van der Waals surface area contributed by atoms with Gasteiger partial charge in [-0.3, -0.25) is 9.59 Å². The molecule has 3 rings (SSSR count). The Balaban J connectivity index is 1.82. The largest absolute Gasteiger partial charge is 0.390 e. The summed E-state index contributed by atoms with van der Waals surface area (Å²) in [5.74, 6) is -0.190. The first-order chi connectivity index (χ1) is 16.4. The number of amides is 2. The Hall–Kier alpha value is -2.90. The molecule has 1 aliphatic rings. The average Bonchev–Trinajstić information content (AvgIpc) is 3.28. The first kappa shape index (κ1) is 25.7. The number of carbonyl (C=O) groups is 2. The number of aliphatic hydroxyl groups is 1. The van der Waals surface area contributed by atoms with Crippen molar-refractivity contribution < 1.29 is 14.7 Å². The summed E-state index contributed by atoms with van der Waals surface area (Å²) in [7, 11) is 0. The van der Waals surface area contributed by atoms with Crippen molar-refractivity contribution in [3.63, 3.8) is 0 Å². The highest BCUT2D eigenvalue weighted by atomic mass is 16.3. The van der Waals surface area contributed by atoms with Crippen LogP contribution < -0.4 is 20.9 Å². The van der Waals surface area contributed by atoms with Crippen molar-refractivity contribution in [1.82, 2.24) is 10.6 Å². The van der Waals surface area contributed by atoms with Crippen LogP contribution in [0.2, 0.25) is 0 Å². The zero-order valence-corrected chi connectivity index (χ0v) is 20.5. The van der Waals surface area contributed by atoms with E-state index >= 15 is 0 Å². The van der Waals surface area contributed by atoms with Gasteiger partial charge in [0.1, 0.15) is 0 Å². The lowest BCUT2D eigenvalue weighted by Crippen LogP contribution is -2.49. The van der Waals surface area contributed by atoms with E-state index in [2.05, 4.69) is 29.8 Å². The van der Waals surface area contributed by atoms with Gasteiger partial charge in [0.05, 0.1) is 12.1 Å². The van der Waals surface area contributed by atoms with E-state index in [-0.39, 0.29) is 17.9 Å². The normalized spacial score (nSPS) is 16.2. The summed E-state index contributed by atoms with van der Waals surface area (Å²) in [6, 6.07) is 15.1. The Kier molecular flexibility index (Phi) is 9.48. The minimum atomic E-state index is -0.755. The molecule has 2 amide bonds. The number of anilines is 2. The van der Waals surface area contributed by atoms with E-state index in [0.717, 1.165) is 29.8 Å². The molecule has 3 atom stereocenters. The van der Waals surface area contributed by atoms with Gasteiger partial charge in [0.2, 0.25) is 5.91 Å². The van der Waals surface area contributed by atoms with Crippen molar-refractivity contribution in [3.8, 4) is 0 Å². The molecule has 0 aromatic heterocycles. The number of nitrogens with one attached hydrogen (secondary N) is 3. The molecule has 1 heterocycles. The molecule has 1 unspecified atom stereocenters. The van der Waals surface area contributed by atoms with Gasteiger partial charge in [0.25, 0.3) is 5.91 Å². The molecular weight excluding hydrogens is 428 g/mol. The highest BCUT2D eigenvalue weighted by molar-refractivity contribution is 6.00. The molecule has 0 aliphatic carbocycles. The minimum Gasteiger partial charge on any atom is -0.390 e. The quantitative estimate of drug-likeness (QED) is 0.385. The zero-order valence-electron chi connectivity index (χ0n) is 20.5. The van der Waals surface area contributed by atoms with E-state index in [1.807, 2.05) is 43.3 Å². The molecule has 1 fully saturated rings. The first-order valence-corrected chi connectivity index (χ1v) is 12.4. The Morgan fingerprint density at radius 2 is 1.91 bits per heavy atom. The third kappa shape index (κ3) is 7.05. The van der Waals surface area contributed by atoms with Crippen LogP contribution >= 0.6 is 0 Å². The van der Waals surface area contributed by atoms with Crippen molar-refractivity contribution in [1.29, 1.82) is 0 Å². The predicted molar refractivity (Wildman–Crippen MR) is 137 cm³/mol. The molecule has 4 N–H and O–H groups in total. The third-order valence-corrected chi connectivity index (χ3v) is 6.31. The molecule has 7 nitrogen and oxygen atoms in total. The smallest absolute Gasteiger partial charge is 0.251 e. The molecule has 0 radical (unpaired) electrons. The average molecular weight is 467 g/mol. The lowest BCUT2D eigenvalue weighted by Gasteiger charge is -2.26. The Labute approximate surface area is 202 Å². The fraction of sp³-hybridized carbons (Fsp3) is 0.481. The second-order valence-corrected chi connectivity index (χ2v) is 9.00. The van der Waals surface area contributed by atoms with Crippen molar-refractivity contribution in [2.75, 3.05) is 29.9 Å². The molecule has 1 saturated heterocycles. The Bertz CT molecular complexity index is 950. The van der Waals surface area contributed by atoms with E-state index in [9.17, 15) is 14.7 Å². The standard InChI is InChI=1S/C27H38N4O3/c1-4-19(3)29-18-25(32)24(14-20-10-7-6-8-11-20)30-27(34)21-15-22(28-5-2)17-23(16-21)31-13-9-12-26(31)33/h6-8,10-11,15-17,19,24-25,28-29,32H,4-5,9,12-14,18H2,1-3H3,(H,30,34)/t19?,24-,25+/m0/s1. The number of rotatable bonds is 12. The van der Waals surface area contributed by atoms with Crippen LogP contribution in [0.4, 0.5) is 11.4 Å². The summed E-state index contributed by atoms with van der Waals surface area (Å²) in [4.78, 5) is 27.4. The number of nitrogens with zero attached hydrogens (tertiary/aromatic N) is 1. The molecule has 34 heavy (non-hydrogen) atoms. The van der Waals surface area contributed by atoms with E-state index in [4.69, 9.17) is 0 Å². The molecule has 2 aromatic rings. The molecule has 0 saturated carbocycles. The monoisotopic (exact) mass is 466 g/mol. The second kappa shape index (κ2) is 12.5. The highest BCUT2D eigenvalue weighted by Gasteiger charge is 2.26. The van der Waals surface area contributed by atoms with Crippen LogP contribution in [0.25, 0.3) is 0 Å². The first-order valence-electron chi connectivity index (χ1n) is 12.4. The third-order valence-electron chi connectivity index (χ3n) is 6.31. The van der Waals surface area contributed by atoms with Gasteiger partial charge in [-0.25, -0.2) is 0 Å². The molecule has 1 aliphatic heterocycles. The molecular formula is C27H38N4O3. The number of benzene rings is 2. The molecule has 7 heteroatoms. The summed E-state index contributed by atoms with van der Waals surface area (Å²) in [6.07, 6.45) is 2.06. The second-order valence-electron chi connectivity index (χ2n) is 9.00. The number of aliphatic hydroxyl groups excluding tert-OH is 1. The fourth-order valence-electron chi connectivity index (χ4n) is 4.14. The lowest BCUT2D eigenvalue weighted by molar-refractivity contribution is -0.117. The summed E-state index contributed by atoms with van der Waals surface area (Å²) in [5.41, 5.74) is 3.03. The van der Waals surface area contributed by atoms with Crippen LogP contribution in [0.1, 0.15) is 56.0 Å². The van der Waals surface area contributed by atoms with Crippen molar-refractivity contribution in [2.24, 2.45) is 0 Å². The van der Waals surface area contributed by atoms with E-state index in [0.29, 0.717) is 38.0 Å². The molecule has 2 aromatic carbocycles. The predicted octanol–water partition coefficient (Wildman–Crippen LogP) is 3.34. The van der Waals surface area contributed by atoms with Crippen LogP contribution in [0.3, 0.4) is 0 Å². The van der Waals surface area contributed by atoms with Crippen LogP contribution in [-0.2, 0) is 11.2 Å².